The first-order valence-electron chi connectivity index (χ1n) is 19.7. The van der Waals surface area contributed by atoms with E-state index in [0.29, 0.717) is 5.56 Å². The van der Waals surface area contributed by atoms with Gasteiger partial charge in [0.05, 0.1) is 75.5 Å². The lowest BCUT2D eigenvalue weighted by atomic mass is 9.84. The first-order chi connectivity index (χ1) is 30.3. The van der Waals surface area contributed by atoms with Gasteiger partial charge < -0.3 is 53.6 Å². The van der Waals surface area contributed by atoms with Crippen LogP contribution in [0.2, 0.25) is 0 Å². The molecule has 4 N–H and O–H groups in total. The van der Waals surface area contributed by atoms with E-state index in [0.717, 1.165) is 11.1 Å². The maximum absolute atomic E-state index is 12.1. The molecule has 62 heavy (non-hydrogen) atoms. The highest BCUT2D eigenvalue weighted by Crippen LogP contribution is 2.37. The van der Waals surface area contributed by atoms with Gasteiger partial charge in [-0.1, -0.05) is 111 Å². The van der Waals surface area contributed by atoms with Gasteiger partial charge in [-0.15, -0.1) is 0 Å². The topological polar surface area (TPSA) is 341 Å². The van der Waals surface area contributed by atoms with E-state index < -0.39 is 98.4 Å². The van der Waals surface area contributed by atoms with Crippen molar-refractivity contribution in [2.24, 2.45) is 20.5 Å². The van der Waals surface area contributed by atoms with Crippen molar-refractivity contribution >= 4 is 0 Å². The number of aliphatic hydroxyl groups excluding tert-OH is 4. The number of benzene rings is 3. The molecule has 3 fully saturated rings. The SMILES string of the molecule is [N-]=[N+]=NC[C@H]1O[C@H](O[C@H]2[C@H](O)[C@@H](O[C@H]3O[C@H](CO)[C@@H](O)[C@H](N=[N+]=[N-])[C@H]3OCc3ccccc3)[C@H](N=[N+]=[N-])C[C@@H]2N=[N+]=[N-])[C@H](O)[C@@H](OCc2ccccc2)[C@@H]1OCc1ccccc1. The van der Waals surface area contributed by atoms with E-state index >= 15 is 0 Å². The summed E-state index contributed by atoms with van der Waals surface area (Å²) in [6.45, 7) is -1.02. The van der Waals surface area contributed by atoms with Crippen LogP contribution in [-0.4, -0.2) is 125 Å². The van der Waals surface area contributed by atoms with Crippen LogP contribution < -0.4 is 0 Å². The first-order valence-corrected chi connectivity index (χ1v) is 19.7. The Morgan fingerprint density at radius 1 is 0.532 bits per heavy atom. The van der Waals surface area contributed by atoms with Gasteiger partial charge in [-0.2, -0.15) is 0 Å². The molecule has 2 heterocycles. The minimum atomic E-state index is -1.84. The van der Waals surface area contributed by atoms with Gasteiger partial charge >= 0.3 is 0 Å². The first kappa shape index (κ1) is 46.0. The zero-order chi connectivity index (χ0) is 43.8. The van der Waals surface area contributed by atoms with Crippen LogP contribution in [0.25, 0.3) is 41.8 Å². The Hall–Kier alpha value is -5.54. The summed E-state index contributed by atoms with van der Waals surface area (Å²) in [7, 11) is 0. The summed E-state index contributed by atoms with van der Waals surface area (Å²) in [5, 5.41) is 60.4. The quantitative estimate of drug-likeness (QED) is 0.0721. The second kappa shape index (κ2) is 23.1. The van der Waals surface area contributed by atoms with Crippen molar-refractivity contribution in [3.8, 4) is 0 Å². The van der Waals surface area contributed by atoms with Crippen LogP contribution in [0.4, 0.5) is 0 Å². The summed E-state index contributed by atoms with van der Waals surface area (Å²) in [5.41, 5.74) is 40.2. The molecule has 23 heteroatoms. The highest BCUT2D eigenvalue weighted by Gasteiger charge is 2.54. The molecule has 2 saturated heterocycles. The number of hydrogen-bond donors (Lipinski definition) is 4. The van der Waals surface area contributed by atoms with Crippen molar-refractivity contribution in [2.45, 2.75) is 118 Å². The predicted molar refractivity (Wildman–Crippen MR) is 215 cm³/mol. The Kier molecular flexibility index (Phi) is 17.1. The maximum Gasteiger partial charge on any atom is 0.186 e. The third-order valence-electron chi connectivity index (χ3n) is 10.7. The number of nitrogens with zero attached hydrogens (tertiary/aromatic N) is 12. The Labute approximate surface area is 354 Å². The van der Waals surface area contributed by atoms with Gasteiger partial charge in [0.1, 0.15) is 36.6 Å². The monoisotopic (exact) mass is 858 g/mol. The Balaban J connectivity index is 1.31. The number of aliphatic hydroxyl groups is 4. The molecule has 3 aliphatic rings. The van der Waals surface area contributed by atoms with Gasteiger partial charge in [0, 0.05) is 19.6 Å². The molecular formula is C39H46N12O11. The minimum absolute atomic E-state index is 0.0150. The molecule has 1 saturated carbocycles. The van der Waals surface area contributed by atoms with Crippen LogP contribution in [0.3, 0.4) is 0 Å². The standard InChI is InChI=1S/C39H46N12O11/c40-48-44-17-27-35(56-19-22-10-4-1-5-11-22)37(58-21-24-14-8-3-9-15-24)32(55)38(59-27)61-33-25(45-49-41)16-26(46-50-42)34(31(33)54)62-39-36(57-20-23-12-6-2-7-13-23)29(47-51-43)30(53)28(18-52)60-39/h1-15,25-39,52-55H,16-21H2/t25-,26+,27+,28+,29-,30+,31-,32+,33+,34-,35+,36+,37+,38+,39+/m0/s1. The molecule has 0 radical (unpaired) electrons. The summed E-state index contributed by atoms with van der Waals surface area (Å²) in [6, 6.07) is 23.3. The second-order valence-electron chi connectivity index (χ2n) is 14.6. The molecule has 0 bridgehead atoms. The van der Waals surface area contributed by atoms with Crippen molar-refractivity contribution in [3.05, 3.63) is 149 Å². The molecule has 23 nitrogen and oxygen atoms in total. The molecule has 2 aliphatic heterocycles. The zero-order valence-electron chi connectivity index (χ0n) is 33.1. The highest BCUT2D eigenvalue weighted by molar-refractivity contribution is 5.16. The zero-order valence-corrected chi connectivity index (χ0v) is 33.1. The fraction of sp³-hybridized carbons (Fsp3) is 0.538. The van der Waals surface area contributed by atoms with Crippen LogP contribution in [-0.2, 0) is 53.0 Å². The molecule has 6 rings (SSSR count). The van der Waals surface area contributed by atoms with Gasteiger partial charge in [0.2, 0.25) is 0 Å². The van der Waals surface area contributed by atoms with Gasteiger partial charge in [-0.3, -0.25) is 0 Å². The Bertz CT molecular complexity index is 2060. The molecule has 1 aliphatic carbocycles. The molecule has 0 unspecified atom stereocenters. The average Bonchev–Trinajstić information content (AvgIpc) is 3.29. The number of azide groups is 4. The van der Waals surface area contributed by atoms with Crippen molar-refractivity contribution in [1.29, 1.82) is 0 Å². The number of ether oxygens (including phenoxy) is 7. The summed E-state index contributed by atoms with van der Waals surface area (Å²) in [4.78, 5) is 11.6. The van der Waals surface area contributed by atoms with Crippen LogP contribution in [0.1, 0.15) is 23.1 Å². The van der Waals surface area contributed by atoms with Gasteiger partial charge in [0.15, 0.2) is 12.6 Å². The van der Waals surface area contributed by atoms with Crippen molar-refractivity contribution in [3.63, 3.8) is 0 Å². The van der Waals surface area contributed by atoms with Crippen molar-refractivity contribution in [1.82, 2.24) is 0 Å². The third-order valence-corrected chi connectivity index (χ3v) is 10.7. The lowest BCUT2D eigenvalue weighted by Crippen LogP contribution is -2.65. The van der Waals surface area contributed by atoms with Crippen LogP contribution in [0, 0.1) is 0 Å². The van der Waals surface area contributed by atoms with Crippen molar-refractivity contribution in [2.75, 3.05) is 13.2 Å². The van der Waals surface area contributed by atoms with E-state index in [2.05, 4.69) is 40.1 Å². The molecule has 0 spiro atoms. The molecule has 3 aromatic rings. The lowest BCUT2D eigenvalue weighted by Gasteiger charge is -2.49. The fourth-order valence-corrected chi connectivity index (χ4v) is 7.67. The van der Waals surface area contributed by atoms with Crippen LogP contribution >= 0.6 is 0 Å². The third kappa shape index (κ3) is 11.5. The molecule has 328 valence electrons. The molecule has 0 amide bonds. The van der Waals surface area contributed by atoms with E-state index in [1.54, 1.807) is 30.3 Å². The largest absolute Gasteiger partial charge is 0.394 e. The number of hydrogen-bond acceptors (Lipinski definition) is 15. The predicted octanol–water partition coefficient (Wildman–Crippen LogP) is 4.79. The molecule has 0 aromatic heterocycles. The highest BCUT2D eigenvalue weighted by atomic mass is 16.7. The van der Waals surface area contributed by atoms with Gasteiger partial charge in [-0.05, 0) is 45.2 Å². The summed E-state index contributed by atoms with van der Waals surface area (Å²) >= 11 is 0. The summed E-state index contributed by atoms with van der Waals surface area (Å²) in [6.07, 6.45) is -17.6. The maximum atomic E-state index is 12.1. The molecule has 15 atom stereocenters. The van der Waals surface area contributed by atoms with E-state index in [1.165, 1.54) is 0 Å². The molecular weight excluding hydrogens is 813 g/mol. The minimum Gasteiger partial charge on any atom is -0.394 e. The smallest absolute Gasteiger partial charge is 0.186 e. The van der Waals surface area contributed by atoms with Gasteiger partial charge in [0.25, 0.3) is 0 Å². The number of rotatable bonds is 19. The van der Waals surface area contributed by atoms with Crippen molar-refractivity contribution < 1.29 is 53.6 Å². The van der Waals surface area contributed by atoms with E-state index in [1.807, 2.05) is 60.7 Å². The average molecular weight is 859 g/mol. The van der Waals surface area contributed by atoms with Gasteiger partial charge in [-0.25, -0.2) is 0 Å². The van der Waals surface area contributed by atoms with E-state index in [4.69, 9.17) is 33.2 Å². The van der Waals surface area contributed by atoms with Crippen LogP contribution in [0.5, 0.6) is 0 Å². The summed E-state index contributed by atoms with van der Waals surface area (Å²) < 4.78 is 43.6. The van der Waals surface area contributed by atoms with Crippen LogP contribution in [0.15, 0.2) is 111 Å². The molecule has 3 aromatic carbocycles. The Morgan fingerprint density at radius 2 is 1.00 bits per heavy atom. The van der Waals surface area contributed by atoms with E-state index in [9.17, 15) is 42.6 Å². The normalized spacial score (nSPS) is 33.1. The summed E-state index contributed by atoms with van der Waals surface area (Å²) in [5.74, 6) is 0. The Morgan fingerprint density at radius 3 is 1.48 bits per heavy atom. The van der Waals surface area contributed by atoms with E-state index in [-0.39, 0.29) is 32.8 Å². The fourth-order valence-electron chi connectivity index (χ4n) is 7.67. The second-order valence-corrected chi connectivity index (χ2v) is 14.6. The lowest BCUT2D eigenvalue weighted by molar-refractivity contribution is -0.341.